The summed E-state index contributed by atoms with van der Waals surface area (Å²) in [5.74, 6) is 0.524. The fourth-order valence-corrected chi connectivity index (χ4v) is 3.90. The number of imidazole rings is 1. The molecule has 0 radical (unpaired) electrons. The first-order valence-electron chi connectivity index (χ1n) is 8.35. The number of fused-ring (bicyclic) bond motifs is 5. The smallest absolute Gasteiger partial charge is 0.187 e. The van der Waals surface area contributed by atoms with E-state index < -0.39 is 0 Å². The van der Waals surface area contributed by atoms with Crippen LogP contribution in [0.15, 0.2) is 65.5 Å². The second-order valence-electron chi connectivity index (χ2n) is 6.38. The van der Waals surface area contributed by atoms with Gasteiger partial charge >= 0.3 is 0 Å². The van der Waals surface area contributed by atoms with Gasteiger partial charge in [-0.05, 0) is 39.7 Å². The molecule has 0 saturated carbocycles. The molecule has 0 atom stereocenters. The Morgan fingerprint density at radius 3 is 2.70 bits per heavy atom. The molecule has 1 aliphatic heterocycles. The normalized spacial score (nSPS) is 11.9. The predicted molar refractivity (Wildman–Crippen MR) is 105 cm³/mol. The Balaban J connectivity index is 1.71. The zero-order valence-corrected chi connectivity index (χ0v) is 15.6. The molecule has 5 rings (SSSR count). The summed E-state index contributed by atoms with van der Waals surface area (Å²) in [5.41, 5.74) is 4.97. The van der Waals surface area contributed by atoms with Gasteiger partial charge in [-0.25, -0.2) is 14.2 Å². The molecule has 0 saturated heterocycles. The fourth-order valence-electron chi connectivity index (χ4n) is 3.53. The molecule has 6 heteroatoms. The maximum atomic E-state index is 14.8. The molecule has 0 aliphatic carbocycles. The lowest BCUT2D eigenvalue weighted by atomic mass is 10.1. The Kier molecular flexibility index (Phi) is 3.52. The van der Waals surface area contributed by atoms with Crippen molar-refractivity contribution in [1.82, 2.24) is 14.1 Å². The molecule has 2 aromatic carbocycles. The van der Waals surface area contributed by atoms with E-state index in [1.165, 1.54) is 0 Å². The Morgan fingerprint density at radius 1 is 1.11 bits per heavy atom. The summed E-state index contributed by atoms with van der Waals surface area (Å²) in [7, 11) is 0. The Bertz CT molecular complexity index is 1230. The van der Waals surface area contributed by atoms with Gasteiger partial charge in [0.2, 0.25) is 0 Å². The van der Waals surface area contributed by atoms with Crippen molar-refractivity contribution in [2.75, 3.05) is 0 Å². The van der Waals surface area contributed by atoms with Crippen molar-refractivity contribution < 1.29 is 4.39 Å². The van der Waals surface area contributed by atoms with Crippen molar-refractivity contribution >= 4 is 21.6 Å². The highest BCUT2D eigenvalue weighted by Crippen LogP contribution is 2.36. The number of hydrogen-bond acceptors (Lipinski definition) is 1. The molecule has 4 aromatic rings. The molecule has 130 valence electrons. The third kappa shape index (κ3) is 2.43. The quantitative estimate of drug-likeness (QED) is 0.315. The number of hydrogen-bond donors (Lipinski definition) is 0. The van der Waals surface area contributed by atoms with Gasteiger partial charge < -0.3 is 4.57 Å². The van der Waals surface area contributed by atoms with Crippen LogP contribution in [-0.2, 0) is 6.54 Å². The summed E-state index contributed by atoms with van der Waals surface area (Å²) in [6, 6.07) is 13.2. The molecule has 2 aromatic heterocycles. The number of nitrogens with zero attached hydrogens (tertiary/aromatic N) is 4. The molecule has 3 heterocycles. The van der Waals surface area contributed by atoms with Crippen molar-refractivity contribution in [2.24, 2.45) is 0 Å². The summed E-state index contributed by atoms with van der Waals surface area (Å²) < 4.78 is 19.3. The first-order valence-corrected chi connectivity index (χ1v) is 9.14. The topological polar surface area (TPSA) is 27.1 Å². The maximum Gasteiger partial charge on any atom is 0.187 e. The summed E-state index contributed by atoms with van der Waals surface area (Å²) in [4.78, 5) is 7.95. The molecule has 0 fully saturated rings. The predicted octanol–water partition coefficient (Wildman–Crippen LogP) is 5.82. The highest BCUT2D eigenvalue weighted by atomic mass is 79.9. The summed E-state index contributed by atoms with van der Waals surface area (Å²) in [6.45, 7) is 7.51. The first-order chi connectivity index (χ1) is 13.2. The van der Waals surface area contributed by atoms with E-state index in [0.29, 0.717) is 22.3 Å². The third-order valence-electron chi connectivity index (χ3n) is 4.86. The van der Waals surface area contributed by atoms with E-state index in [0.717, 1.165) is 28.3 Å². The lowest BCUT2D eigenvalue weighted by Gasteiger charge is -2.11. The van der Waals surface area contributed by atoms with Crippen LogP contribution in [0.2, 0.25) is 0 Å². The molecule has 1 aliphatic rings. The minimum atomic E-state index is -0.253. The highest BCUT2D eigenvalue weighted by molar-refractivity contribution is 9.10. The van der Waals surface area contributed by atoms with E-state index >= 15 is 0 Å². The standard InChI is InChI=1S/C21H12BrFN4/c1-24-15-4-2-13(3-5-15)14-10-19-21-25-8-9-27(21)18-7-6-17(22)20(23)16(18)12-26(19)11-14/h2-11H,12H2. The average Bonchev–Trinajstić information content (AvgIpc) is 3.30. The van der Waals surface area contributed by atoms with Crippen LogP contribution < -0.4 is 0 Å². The molecular formula is C21H12BrFN4. The van der Waals surface area contributed by atoms with E-state index in [1.807, 2.05) is 39.7 Å². The van der Waals surface area contributed by atoms with Gasteiger partial charge in [0, 0.05) is 29.7 Å². The van der Waals surface area contributed by atoms with E-state index in [4.69, 9.17) is 6.57 Å². The molecule has 0 unspecified atom stereocenters. The van der Waals surface area contributed by atoms with Crippen molar-refractivity contribution in [2.45, 2.75) is 6.54 Å². The Hall–Kier alpha value is -3.17. The number of rotatable bonds is 1. The minimum absolute atomic E-state index is 0.253. The van der Waals surface area contributed by atoms with Gasteiger partial charge in [0.05, 0.1) is 29.0 Å². The van der Waals surface area contributed by atoms with Gasteiger partial charge in [-0.3, -0.25) is 4.57 Å². The molecule has 0 bridgehead atoms. The number of halogens is 2. The van der Waals surface area contributed by atoms with Gasteiger partial charge in [-0.1, -0.05) is 24.3 Å². The van der Waals surface area contributed by atoms with Gasteiger partial charge in [0.15, 0.2) is 11.5 Å². The Morgan fingerprint density at radius 2 is 1.93 bits per heavy atom. The molecule has 0 N–H and O–H groups in total. The largest absolute Gasteiger partial charge is 0.340 e. The van der Waals surface area contributed by atoms with Gasteiger partial charge in [-0.2, -0.15) is 0 Å². The molecule has 0 amide bonds. The molecule has 27 heavy (non-hydrogen) atoms. The molecule has 4 nitrogen and oxygen atoms in total. The van der Waals surface area contributed by atoms with Crippen LogP contribution in [0.25, 0.3) is 33.2 Å². The number of benzene rings is 2. The van der Waals surface area contributed by atoms with Gasteiger partial charge in [0.25, 0.3) is 0 Å². The average molecular weight is 419 g/mol. The first kappa shape index (κ1) is 16.0. The van der Waals surface area contributed by atoms with Crippen LogP contribution in [-0.4, -0.2) is 14.1 Å². The SMILES string of the molecule is [C-]#[N+]c1ccc(-c2cc3n(c2)Cc2c(ccc(Br)c2F)-n2ccnc2-3)cc1. The maximum absolute atomic E-state index is 14.8. The third-order valence-corrected chi connectivity index (χ3v) is 5.47. The number of aromatic nitrogens is 3. The van der Waals surface area contributed by atoms with Crippen molar-refractivity contribution in [3.63, 3.8) is 0 Å². The minimum Gasteiger partial charge on any atom is -0.340 e. The summed E-state index contributed by atoms with van der Waals surface area (Å²) in [6.07, 6.45) is 5.59. The molecular weight excluding hydrogens is 407 g/mol. The van der Waals surface area contributed by atoms with Crippen LogP contribution >= 0.6 is 15.9 Å². The van der Waals surface area contributed by atoms with Crippen molar-refractivity contribution in [3.8, 4) is 28.3 Å². The second-order valence-corrected chi connectivity index (χ2v) is 7.23. The lowest BCUT2D eigenvalue weighted by Crippen LogP contribution is -2.03. The van der Waals surface area contributed by atoms with Gasteiger partial charge in [-0.15, -0.1) is 0 Å². The van der Waals surface area contributed by atoms with Crippen LogP contribution in [0.1, 0.15) is 5.56 Å². The van der Waals surface area contributed by atoms with E-state index in [1.54, 1.807) is 24.4 Å². The van der Waals surface area contributed by atoms with Crippen LogP contribution in [0, 0.1) is 12.4 Å². The fraction of sp³-hybridized carbons (Fsp3) is 0.0476. The van der Waals surface area contributed by atoms with E-state index in [2.05, 4.69) is 31.8 Å². The van der Waals surface area contributed by atoms with Crippen molar-refractivity contribution in [1.29, 1.82) is 0 Å². The van der Waals surface area contributed by atoms with Crippen LogP contribution in [0.3, 0.4) is 0 Å². The second kappa shape index (κ2) is 5.93. The summed E-state index contributed by atoms with van der Waals surface area (Å²) in [5, 5.41) is 0. The zero-order chi connectivity index (χ0) is 18.5. The van der Waals surface area contributed by atoms with E-state index in [-0.39, 0.29) is 5.82 Å². The Labute approximate surface area is 163 Å². The van der Waals surface area contributed by atoms with Crippen LogP contribution in [0.4, 0.5) is 10.1 Å². The lowest BCUT2D eigenvalue weighted by molar-refractivity contribution is 0.594. The van der Waals surface area contributed by atoms with Crippen molar-refractivity contribution in [3.05, 3.63) is 88.3 Å². The zero-order valence-electron chi connectivity index (χ0n) is 14.0. The summed E-state index contributed by atoms with van der Waals surface area (Å²) >= 11 is 3.29. The monoisotopic (exact) mass is 418 g/mol. The highest BCUT2D eigenvalue weighted by Gasteiger charge is 2.24. The van der Waals surface area contributed by atoms with E-state index in [9.17, 15) is 4.39 Å². The van der Waals surface area contributed by atoms with Gasteiger partial charge in [0.1, 0.15) is 5.82 Å². The molecule has 0 spiro atoms. The van der Waals surface area contributed by atoms with Crippen LogP contribution in [0.5, 0.6) is 0 Å².